The largest absolute Gasteiger partial charge is 0.481 e. The molecule has 2 heterocycles. The third kappa shape index (κ3) is 4.01. The molecule has 0 aliphatic carbocycles. The van der Waals surface area contributed by atoms with Crippen molar-refractivity contribution < 1.29 is 14.6 Å². The number of rotatable bonds is 7. The summed E-state index contributed by atoms with van der Waals surface area (Å²) in [5.41, 5.74) is 2.01. The molecule has 1 aromatic heterocycles. The molecule has 6 nitrogen and oxygen atoms in total. The lowest BCUT2D eigenvalue weighted by Gasteiger charge is -2.27. The number of benzene rings is 1. The second kappa shape index (κ2) is 8.08. The molecule has 1 aliphatic rings. The van der Waals surface area contributed by atoms with Crippen molar-refractivity contribution >= 4 is 5.97 Å². The second-order valence-electron chi connectivity index (χ2n) is 6.10. The van der Waals surface area contributed by atoms with Gasteiger partial charge in [-0.1, -0.05) is 18.2 Å². The molecule has 0 radical (unpaired) electrons. The molecule has 128 valence electrons. The Morgan fingerprint density at radius 2 is 2.04 bits per heavy atom. The Kier molecular flexibility index (Phi) is 5.61. The smallest absolute Gasteiger partial charge is 0.308 e. The van der Waals surface area contributed by atoms with E-state index >= 15 is 0 Å². The molecule has 1 fully saturated rings. The number of carboxylic acid groups (broad SMARTS) is 1. The van der Waals surface area contributed by atoms with Crippen LogP contribution in [-0.4, -0.2) is 40.6 Å². The Balaban J connectivity index is 1.59. The van der Waals surface area contributed by atoms with Crippen LogP contribution in [0, 0.1) is 11.8 Å². The van der Waals surface area contributed by atoms with E-state index < -0.39 is 5.97 Å². The Hall–Kier alpha value is -2.18. The van der Waals surface area contributed by atoms with E-state index in [1.54, 1.807) is 6.20 Å². The predicted molar refractivity (Wildman–Crippen MR) is 89.9 cm³/mol. The maximum Gasteiger partial charge on any atom is 0.308 e. The van der Waals surface area contributed by atoms with Gasteiger partial charge in [-0.15, -0.1) is 0 Å². The van der Waals surface area contributed by atoms with Crippen LogP contribution in [0.1, 0.15) is 18.5 Å². The van der Waals surface area contributed by atoms with Crippen molar-refractivity contribution in [2.24, 2.45) is 11.8 Å². The van der Waals surface area contributed by atoms with E-state index in [0.717, 1.165) is 24.2 Å². The predicted octanol–water partition coefficient (Wildman–Crippen LogP) is 2.09. The van der Waals surface area contributed by atoms with Crippen LogP contribution in [0.15, 0.2) is 42.6 Å². The summed E-state index contributed by atoms with van der Waals surface area (Å²) in [6, 6.07) is 11.9. The first kappa shape index (κ1) is 16.7. The summed E-state index contributed by atoms with van der Waals surface area (Å²) < 4.78 is 7.21. The standard InChI is InChI=1S/C18H23N3O3/c22-18(23)17(14-7-10-24-11-8-14)13-19-12-16-6-9-20-21(16)15-4-2-1-3-5-15/h1-6,9,14,17,19H,7-8,10-13H2,(H,22,23). The van der Waals surface area contributed by atoms with Crippen molar-refractivity contribution in [1.29, 1.82) is 0 Å². The molecule has 0 spiro atoms. The Morgan fingerprint density at radius 3 is 2.75 bits per heavy atom. The van der Waals surface area contributed by atoms with E-state index in [-0.39, 0.29) is 11.8 Å². The Bertz CT molecular complexity index is 651. The molecule has 1 unspecified atom stereocenters. The monoisotopic (exact) mass is 329 g/mol. The van der Waals surface area contributed by atoms with Gasteiger partial charge in [0.15, 0.2) is 0 Å². The van der Waals surface area contributed by atoms with Crippen LogP contribution in [0.3, 0.4) is 0 Å². The maximum absolute atomic E-state index is 11.6. The molecule has 1 aliphatic heterocycles. The van der Waals surface area contributed by atoms with Gasteiger partial charge in [0.1, 0.15) is 0 Å². The zero-order valence-corrected chi connectivity index (χ0v) is 13.6. The van der Waals surface area contributed by atoms with Gasteiger partial charge in [0.25, 0.3) is 0 Å². The third-order valence-corrected chi connectivity index (χ3v) is 4.54. The Morgan fingerprint density at radius 1 is 1.29 bits per heavy atom. The molecule has 0 amide bonds. The zero-order chi connectivity index (χ0) is 16.8. The highest BCUT2D eigenvalue weighted by Crippen LogP contribution is 2.24. The highest BCUT2D eigenvalue weighted by molar-refractivity contribution is 5.70. The van der Waals surface area contributed by atoms with Gasteiger partial charge in [-0.3, -0.25) is 4.79 Å². The number of para-hydroxylation sites is 1. The minimum Gasteiger partial charge on any atom is -0.481 e. The minimum atomic E-state index is -0.731. The van der Waals surface area contributed by atoms with E-state index in [0.29, 0.717) is 26.3 Å². The molecule has 24 heavy (non-hydrogen) atoms. The molecule has 1 aromatic carbocycles. The number of nitrogens with one attached hydrogen (secondary N) is 1. The molecular weight excluding hydrogens is 306 g/mol. The van der Waals surface area contributed by atoms with Crippen molar-refractivity contribution in [2.45, 2.75) is 19.4 Å². The normalized spacial score (nSPS) is 16.8. The SMILES string of the molecule is O=C(O)C(CNCc1ccnn1-c1ccccc1)C1CCOCC1. The average Bonchev–Trinajstić information content (AvgIpc) is 3.08. The first-order valence-electron chi connectivity index (χ1n) is 8.35. The lowest BCUT2D eigenvalue weighted by atomic mass is 9.86. The molecule has 0 saturated carbocycles. The summed E-state index contributed by atoms with van der Waals surface area (Å²) in [6.45, 7) is 2.37. The summed E-state index contributed by atoms with van der Waals surface area (Å²) in [7, 11) is 0. The highest BCUT2D eigenvalue weighted by atomic mass is 16.5. The van der Waals surface area contributed by atoms with Crippen molar-refractivity contribution in [3.05, 3.63) is 48.3 Å². The van der Waals surface area contributed by atoms with Crippen molar-refractivity contribution in [3.63, 3.8) is 0 Å². The maximum atomic E-state index is 11.6. The van der Waals surface area contributed by atoms with Gasteiger partial charge in [0.2, 0.25) is 0 Å². The lowest BCUT2D eigenvalue weighted by Crippen LogP contribution is -2.36. The fraction of sp³-hybridized carbons (Fsp3) is 0.444. The lowest BCUT2D eigenvalue weighted by molar-refractivity contribution is -0.144. The number of hydrogen-bond donors (Lipinski definition) is 2. The van der Waals surface area contributed by atoms with Crippen molar-refractivity contribution in [2.75, 3.05) is 19.8 Å². The molecule has 6 heteroatoms. The molecule has 0 bridgehead atoms. The topological polar surface area (TPSA) is 76.4 Å². The van der Waals surface area contributed by atoms with Crippen LogP contribution < -0.4 is 5.32 Å². The van der Waals surface area contributed by atoms with Gasteiger partial charge in [-0.2, -0.15) is 5.10 Å². The number of aromatic nitrogens is 2. The first-order chi connectivity index (χ1) is 11.8. The Labute approximate surface area is 141 Å². The average molecular weight is 329 g/mol. The zero-order valence-electron chi connectivity index (χ0n) is 13.6. The molecule has 3 rings (SSSR count). The summed E-state index contributed by atoms with van der Waals surface area (Å²) in [4.78, 5) is 11.6. The summed E-state index contributed by atoms with van der Waals surface area (Å²) in [5.74, 6) is -0.921. The van der Waals surface area contributed by atoms with E-state index in [9.17, 15) is 9.90 Å². The van der Waals surface area contributed by atoms with Crippen LogP contribution in [0.4, 0.5) is 0 Å². The number of carbonyl (C=O) groups is 1. The summed E-state index contributed by atoms with van der Waals surface area (Å²) in [6.07, 6.45) is 3.40. The van der Waals surface area contributed by atoms with E-state index in [1.165, 1.54) is 0 Å². The number of aliphatic carboxylic acids is 1. The van der Waals surface area contributed by atoms with Gasteiger partial charge in [-0.25, -0.2) is 4.68 Å². The molecule has 2 N–H and O–H groups in total. The van der Waals surface area contributed by atoms with Gasteiger partial charge < -0.3 is 15.2 Å². The first-order valence-corrected chi connectivity index (χ1v) is 8.35. The van der Waals surface area contributed by atoms with Crippen LogP contribution in [0.2, 0.25) is 0 Å². The van der Waals surface area contributed by atoms with Crippen LogP contribution in [0.25, 0.3) is 5.69 Å². The number of ether oxygens (including phenoxy) is 1. The fourth-order valence-electron chi connectivity index (χ4n) is 3.20. The van der Waals surface area contributed by atoms with Crippen molar-refractivity contribution in [3.8, 4) is 5.69 Å². The molecule has 2 aromatic rings. The van der Waals surface area contributed by atoms with Gasteiger partial charge in [0, 0.05) is 32.5 Å². The van der Waals surface area contributed by atoms with Gasteiger partial charge in [0.05, 0.1) is 17.3 Å². The second-order valence-corrected chi connectivity index (χ2v) is 6.10. The number of carboxylic acids is 1. The number of nitrogens with zero attached hydrogens (tertiary/aromatic N) is 2. The van der Waals surface area contributed by atoms with E-state index in [2.05, 4.69) is 10.4 Å². The van der Waals surface area contributed by atoms with E-state index in [1.807, 2.05) is 41.1 Å². The van der Waals surface area contributed by atoms with Crippen LogP contribution in [-0.2, 0) is 16.1 Å². The molecule has 1 saturated heterocycles. The fourth-order valence-corrected chi connectivity index (χ4v) is 3.20. The summed E-state index contributed by atoms with van der Waals surface area (Å²) in [5, 5.41) is 17.2. The molecule has 1 atom stereocenters. The highest BCUT2D eigenvalue weighted by Gasteiger charge is 2.29. The van der Waals surface area contributed by atoms with E-state index in [4.69, 9.17) is 4.74 Å². The van der Waals surface area contributed by atoms with Crippen LogP contribution in [0.5, 0.6) is 0 Å². The third-order valence-electron chi connectivity index (χ3n) is 4.54. The van der Waals surface area contributed by atoms with Gasteiger partial charge >= 0.3 is 5.97 Å². The summed E-state index contributed by atoms with van der Waals surface area (Å²) >= 11 is 0. The quantitative estimate of drug-likeness (QED) is 0.813. The van der Waals surface area contributed by atoms with Crippen molar-refractivity contribution in [1.82, 2.24) is 15.1 Å². The molecular formula is C18H23N3O3. The minimum absolute atomic E-state index is 0.183. The van der Waals surface area contributed by atoms with Gasteiger partial charge in [-0.05, 0) is 37.0 Å². The van der Waals surface area contributed by atoms with Crippen LogP contribution >= 0.6 is 0 Å². The number of hydrogen-bond acceptors (Lipinski definition) is 4.